The van der Waals surface area contributed by atoms with Gasteiger partial charge in [0.25, 0.3) is 11.8 Å². The molecule has 2 atom stereocenters. The van der Waals surface area contributed by atoms with Gasteiger partial charge in [0, 0.05) is 76.3 Å². The van der Waals surface area contributed by atoms with Crippen LogP contribution in [0.15, 0.2) is 158 Å². The Morgan fingerprint density at radius 1 is 0.404 bits per heavy atom. The lowest BCUT2D eigenvalue weighted by atomic mass is 9.71. The molecule has 0 radical (unpaired) electrons. The van der Waals surface area contributed by atoms with E-state index < -0.39 is 10.8 Å². The van der Waals surface area contributed by atoms with E-state index in [1.165, 1.54) is 0 Å². The Labute approximate surface area is 561 Å². The van der Waals surface area contributed by atoms with Gasteiger partial charge in [-0.25, -0.2) is 0 Å². The van der Waals surface area contributed by atoms with Crippen molar-refractivity contribution in [2.24, 2.45) is 0 Å². The summed E-state index contributed by atoms with van der Waals surface area (Å²) in [5.41, 5.74) is 4.66. The normalized spacial score (nSPS) is 20.1. The van der Waals surface area contributed by atoms with E-state index in [-0.39, 0.29) is 64.7 Å². The highest BCUT2D eigenvalue weighted by atomic mass is 35.5. The van der Waals surface area contributed by atoms with Gasteiger partial charge in [-0.3, -0.25) is 19.2 Å². The minimum absolute atomic E-state index is 0. The molecule has 11 nitrogen and oxygen atoms in total. The number of carbonyl (C=O) groups excluding carboxylic acids is 4. The average Bonchev–Trinajstić information content (AvgIpc) is 3.89. The largest absolute Gasteiger partial charge is 0.412 e. The molecule has 2 unspecified atom stereocenters. The smallest absolute Gasteiger partial charge is 0.253 e. The van der Waals surface area contributed by atoms with Crippen molar-refractivity contribution in [3.05, 3.63) is 211 Å². The molecule has 4 aliphatic rings. The highest BCUT2D eigenvalue weighted by Crippen LogP contribution is 2.44. The monoisotopic (exact) mass is 1330 g/mol. The molecule has 0 spiro atoms. The fourth-order valence-corrected chi connectivity index (χ4v) is 15.1. The van der Waals surface area contributed by atoms with E-state index in [1.54, 1.807) is 9.80 Å². The molecule has 0 saturated carbocycles. The van der Waals surface area contributed by atoms with E-state index in [0.29, 0.717) is 33.2 Å². The molecule has 0 bridgehead atoms. The van der Waals surface area contributed by atoms with Crippen molar-refractivity contribution in [1.82, 2.24) is 29.4 Å². The number of halogens is 6. The second-order valence-corrected chi connectivity index (χ2v) is 26.7. The number of piperidine rings is 2. The van der Waals surface area contributed by atoms with Crippen LogP contribution in [0.25, 0.3) is 0 Å². The van der Waals surface area contributed by atoms with Crippen molar-refractivity contribution in [2.45, 2.75) is 112 Å². The molecule has 4 heterocycles. The molecule has 10 rings (SSSR count). The highest BCUT2D eigenvalue weighted by molar-refractivity contribution is 6.42. The second-order valence-electron chi connectivity index (χ2n) is 25.1. The van der Waals surface area contributed by atoms with Crippen LogP contribution in [0.5, 0.6) is 0 Å². The van der Waals surface area contributed by atoms with Gasteiger partial charge in [-0.1, -0.05) is 168 Å². The molecule has 4 aliphatic heterocycles. The van der Waals surface area contributed by atoms with Crippen LogP contribution in [0.3, 0.4) is 0 Å². The van der Waals surface area contributed by atoms with Gasteiger partial charge in [-0.2, -0.15) is 0 Å². The van der Waals surface area contributed by atoms with E-state index in [4.69, 9.17) is 46.4 Å². The van der Waals surface area contributed by atoms with Crippen LogP contribution < -0.4 is 0 Å². The van der Waals surface area contributed by atoms with E-state index in [0.717, 1.165) is 176 Å². The van der Waals surface area contributed by atoms with Crippen molar-refractivity contribution in [3.63, 3.8) is 0 Å². The Kier molecular flexibility index (Phi) is 27.4. The number of hydrogen-bond donors (Lipinski definition) is 0. The van der Waals surface area contributed by atoms with Crippen LogP contribution in [0.4, 0.5) is 0 Å². The lowest BCUT2D eigenvalue weighted by Crippen LogP contribution is -2.51. The Morgan fingerprint density at radius 3 is 1.04 bits per heavy atom. The van der Waals surface area contributed by atoms with E-state index in [1.807, 2.05) is 159 Å². The molecule has 4 saturated heterocycles. The quantitative estimate of drug-likeness (QED) is 0.0952. The lowest BCUT2D eigenvalue weighted by molar-refractivity contribution is -0.137. The molecule has 17 heteroatoms. The number of carbonyl (C=O) groups is 4. The summed E-state index contributed by atoms with van der Waals surface area (Å²) in [6, 6.07) is 51.8. The number of amides is 4. The van der Waals surface area contributed by atoms with Gasteiger partial charge in [-0.15, -0.1) is 24.8 Å². The maximum absolute atomic E-state index is 13.6. The zero-order valence-electron chi connectivity index (χ0n) is 52.1. The fourth-order valence-electron chi connectivity index (χ4n) is 14.5. The number of benzene rings is 6. The van der Waals surface area contributed by atoms with Crippen LogP contribution in [0.1, 0.15) is 133 Å². The number of nitrogens with zero attached hydrogens (tertiary/aromatic N) is 6. The predicted molar refractivity (Wildman–Crippen MR) is 370 cm³/mol. The molecule has 2 N–H and O–H groups in total. The predicted octanol–water partition coefficient (Wildman–Crippen LogP) is 14.9. The van der Waals surface area contributed by atoms with Crippen molar-refractivity contribution in [1.29, 1.82) is 0 Å². The molecule has 4 amide bonds. The number of hydrogen-bond acceptors (Lipinski definition) is 6. The van der Waals surface area contributed by atoms with Crippen LogP contribution in [0.2, 0.25) is 20.1 Å². The minimum atomic E-state index is -0.470. The first kappa shape index (κ1) is 72.9. The standard InChI is InChI=1S/2C36H43Cl2N3O2.2ClH.H2O/c2*1-39(2)34(43)36(29-14-7-4-8-15-29)20-24-40(25-21-36)22-11-19-35(30-16-17-31(37)32(38)26-30)18-9-10-23-41(27-35)33(42)28-12-5-3-6-13-28;;;/h2*3-8,12-17,26H,9-11,18-25,27H2,1-2H3;2*1H;1H2. The Balaban J connectivity index is 0.000000274. The molecule has 6 aromatic carbocycles. The molecular formula is C72H90Cl6N6O5. The van der Waals surface area contributed by atoms with E-state index >= 15 is 0 Å². The summed E-state index contributed by atoms with van der Waals surface area (Å²) >= 11 is 25.8. The van der Waals surface area contributed by atoms with Gasteiger partial charge < -0.3 is 34.9 Å². The zero-order valence-corrected chi connectivity index (χ0v) is 56.8. The topological polar surface area (TPSA) is 119 Å². The molecule has 89 heavy (non-hydrogen) atoms. The zero-order chi connectivity index (χ0) is 60.9. The number of likely N-dealkylation sites (N-methyl/N-ethyl adjacent to an activating group) is 2. The molecule has 0 aromatic heterocycles. The van der Waals surface area contributed by atoms with Gasteiger partial charge in [0.1, 0.15) is 0 Å². The first-order valence-corrected chi connectivity index (χ1v) is 32.6. The van der Waals surface area contributed by atoms with Gasteiger partial charge in [0.2, 0.25) is 11.8 Å². The van der Waals surface area contributed by atoms with Crippen molar-refractivity contribution < 1.29 is 24.7 Å². The van der Waals surface area contributed by atoms with Crippen molar-refractivity contribution in [2.75, 3.05) is 93.6 Å². The Hall–Kier alpha value is -5.18. The summed E-state index contributed by atoms with van der Waals surface area (Å²) < 4.78 is 0. The van der Waals surface area contributed by atoms with E-state index in [9.17, 15) is 19.2 Å². The van der Waals surface area contributed by atoms with Crippen LogP contribution in [-0.2, 0) is 31.2 Å². The van der Waals surface area contributed by atoms with Gasteiger partial charge in [0.15, 0.2) is 0 Å². The Morgan fingerprint density at radius 2 is 0.730 bits per heavy atom. The second kappa shape index (κ2) is 33.4. The summed E-state index contributed by atoms with van der Waals surface area (Å²) in [6.45, 7) is 8.27. The summed E-state index contributed by atoms with van der Waals surface area (Å²) in [4.78, 5) is 66.8. The summed E-state index contributed by atoms with van der Waals surface area (Å²) in [5, 5.41) is 2.22. The molecule has 0 aliphatic carbocycles. The third-order valence-electron chi connectivity index (χ3n) is 19.3. The molecule has 6 aromatic rings. The van der Waals surface area contributed by atoms with Gasteiger partial charge in [-0.05, 0) is 187 Å². The highest BCUT2D eigenvalue weighted by Gasteiger charge is 2.46. The lowest BCUT2D eigenvalue weighted by Gasteiger charge is -2.43. The minimum Gasteiger partial charge on any atom is -0.412 e. The third kappa shape index (κ3) is 17.3. The molecular weight excluding hydrogens is 1240 g/mol. The van der Waals surface area contributed by atoms with Crippen LogP contribution in [0, 0.1) is 0 Å². The average molecular weight is 1330 g/mol. The number of rotatable bonds is 16. The van der Waals surface area contributed by atoms with Gasteiger partial charge >= 0.3 is 0 Å². The van der Waals surface area contributed by atoms with Crippen molar-refractivity contribution >= 4 is 94.8 Å². The first-order valence-electron chi connectivity index (χ1n) is 31.1. The van der Waals surface area contributed by atoms with E-state index in [2.05, 4.69) is 46.2 Å². The molecule has 480 valence electrons. The number of likely N-dealkylation sites (tertiary alicyclic amines) is 4. The summed E-state index contributed by atoms with van der Waals surface area (Å²) in [7, 11) is 7.45. The van der Waals surface area contributed by atoms with Crippen LogP contribution in [-0.4, -0.2) is 152 Å². The van der Waals surface area contributed by atoms with Crippen molar-refractivity contribution in [3.8, 4) is 0 Å². The SMILES string of the molecule is CN(C)C(=O)C1(c2ccccc2)CCN(CCCC2(c3ccc(Cl)c(Cl)c3)CCCCN(C(=O)c3ccccc3)C2)CC1.CN(C)C(=O)C1(c2ccccc2)CCN(CCCC2(c3ccc(Cl)c(Cl)c3)CCCCN(C(=O)c3ccccc3)C2)CC1.Cl.Cl.O. The first-order chi connectivity index (χ1) is 41.5. The Bertz CT molecular complexity index is 3010. The van der Waals surface area contributed by atoms with Gasteiger partial charge in [0.05, 0.1) is 30.9 Å². The third-order valence-corrected chi connectivity index (χ3v) is 20.8. The summed E-state index contributed by atoms with van der Waals surface area (Å²) in [5.74, 6) is 0.564. The fraction of sp³-hybridized carbons (Fsp3) is 0.444. The van der Waals surface area contributed by atoms with Crippen LogP contribution >= 0.6 is 71.2 Å². The summed E-state index contributed by atoms with van der Waals surface area (Å²) in [6.07, 6.45) is 13.2. The maximum atomic E-state index is 13.6. The molecule has 4 fully saturated rings. The maximum Gasteiger partial charge on any atom is 0.253 e.